The van der Waals surface area contributed by atoms with E-state index in [1.165, 1.54) is 19.2 Å². The van der Waals surface area contributed by atoms with Crippen LogP contribution in [0.1, 0.15) is 12.5 Å². The number of rotatable bonds is 3. The largest absolute Gasteiger partial charge is 0.320 e. The number of hydrogen-bond donors (Lipinski definition) is 1. The molecule has 0 fully saturated rings. The third-order valence-electron chi connectivity index (χ3n) is 1.95. The number of nitrogens with two attached hydrogens (primary N) is 1. The maximum Gasteiger partial charge on any atom is 0.256 e. The summed E-state index contributed by atoms with van der Waals surface area (Å²) in [6, 6.07) is 1.40. The standard InChI is InChI=1S/C9H10BrF3N2/c1-9(14,8(12)13)3-5-2-6(10)4-15-7(5)11/h2,4,8H,3,14H2,1H3. The van der Waals surface area contributed by atoms with Crippen LogP contribution in [0.5, 0.6) is 0 Å². The van der Waals surface area contributed by atoms with Crippen LogP contribution in [-0.4, -0.2) is 16.9 Å². The minimum absolute atomic E-state index is 0.0784. The molecule has 0 saturated carbocycles. The lowest BCUT2D eigenvalue weighted by molar-refractivity contribution is 0.0634. The molecule has 1 aromatic rings. The molecule has 0 aliphatic rings. The van der Waals surface area contributed by atoms with Crippen LogP contribution in [0.25, 0.3) is 0 Å². The van der Waals surface area contributed by atoms with E-state index < -0.39 is 17.9 Å². The highest BCUT2D eigenvalue weighted by atomic mass is 79.9. The maximum atomic E-state index is 13.1. The zero-order valence-corrected chi connectivity index (χ0v) is 9.56. The highest BCUT2D eigenvalue weighted by Gasteiger charge is 2.31. The fourth-order valence-electron chi connectivity index (χ4n) is 1.08. The average Bonchev–Trinajstić information content (AvgIpc) is 2.10. The van der Waals surface area contributed by atoms with E-state index in [4.69, 9.17) is 5.73 Å². The predicted molar refractivity (Wildman–Crippen MR) is 54.2 cm³/mol. The molecule has 2 nitrogen and oxygen atoms in total. The van der Waals surface area contributed by atoms with E-state index in [2.05, 4.69) is 20.9 Å². The molecule has 0 aliphatic carbocycles. The summed E-state index contributed by atoms with van der Waals surface area (Å²) in [7, 11) is 0. The van der Waals surface area contributed by atoms with E-state index in [9.17, 15) is 13.2 Å². The lowest BCUT2D eigenvalue weighted by Gasteiger charge is -2.23. The van der Waals surface area contributed by atoms with E-state index in [1.54, 1.807) is 0 Å². The van der Waals surface area contributed by atoms with Crippen LogP contribution in [0.15, 0.2) is 16.7 Å². The number of alkyl halides is 2. The lowest BCUT2D eigenvalue weighted by atomic mass is 9.95. The van der Waals surface area contributed by atoms with Crippen molar-refractivity contribution in [3.63, 3.8) is 0 Å². The Balaban J connectivity index is 2.94. The van der Waals surface area contributed by atoms with Crippen LogP contribution >= 0.6 is 15.9 Å². The molecule has 6 heteroatoms. The summed E-state index contributed by atoms with van der Waals surface area (Å²) in [5, 5.41) is 0. The van der Waals surface area contributed by atoms with Gasteiger partial charge in [-0.05, 0) is 28.9 Å². The van der Waals surface area contributed by atoms with Crippen LogP contribution in [-0.2, 0) is 6.42 Å². The Bertz CT molecular complexity index is 355. The van der Waals surface area contributed by atoms with Crippen molar-refractivity contribution in [3.8, 4) is 0 Å². The van der Waals surface area contributed by atoms with Gasteiger partial charge in [-0.25, -0.2) is 13.8 Å². The molecule has 0 amide bonds. The molecular formula is C9H10BrF3N2. The van der Waals surface area contributed by atoms with Gasteiger partial charge in [0.1, 0.15) is 0 Å². The molecule has 1 atom stereocenters. The number of nitrogens with zero attached hydrogens (tertiary/aromatic N) is 1. The molecular weight excluding hydrogens is 273 g/mol. The first kappa shape index (κ1) is 12.4. The highest BCUT2D eigenvalue weighted by Crippen LogP contribution is 2.21. The first-order valence-electron chi connectivity index (χ1n) is 4.20. The molecule has 0 radical (unpaired) electrons. The normalized spacial score (nSPS) is 15.4. The summed E-state index contributed by atoms with van der Waals surface area (Å²) in [5.74, 6) is -0.768. The Morgan fingerprint density at radius 3 is 2.73 bits per heavy atom. The molecule has 0 spiro atoms. The average molecular weight is 283 g/mol. The zero-order valence-electron chi connectivity index (χ0n) is 7.98. The summed E-state index contributed by atoms with van der Waals surface area (Å²) < 4.78 is 38.6. The number of hydrogen-bond acceptors (Lipinski definition) is 2. The summed E-state index contributed by atoms with van der Waals surface area (Å²) in [4.78, 5) is 3.41. The summed E-state index contributed by atoms with van der Waals surface area (Å²) >= 11 is 3.08. The van der Waals surface area contributed by atoms with Gasteiger partial charge >= 0.3 is 0 Å². The van der Waals surface area contributed by atoms with Crippen molar-refractivity contribution in [1.29, 1.82) is 0 Å². The van der Waals surface area contributed by atoms with Crippen LogP contribution in [0, 0.1) is 5.95 Å². The SMILES string of the molecule is CC(N)(Cc1cc(Br)cnc1F)C(F)F. The Hall–Kier alpha value is -0.620. The Labute approximate surface area is 93.8 Å². The van der Waals surface area contributed by atoms with Crippen molar-refractivity contribution in [2.75, 3.05) is 0 Å². The van der Waals surface area contributed by atoms with Crippen LogP contribution in [0.2, 0.25) is 0 Å². The monoisotopic (exact) mass is 282 g/mol. The molecule has 1 rings (SSSR count). The van der Waals surface area contributed by atoms with E-state index in [0.717, 1.165) is 0 Å². The molecule has 1 aromatic heterocycles. The molecule has 0 saturated heterocycles. The number of aromatic nitrogens is 1. The second-order valence-corrected chi connectivity index (χ2v) is 4.50. The number of halogens is 4. The molecule has 0 aliphatic heterocycles. The zero-order chi connectivity index (χ0) is 11.6. The van der Waals surface area contributed by atoms with Gasteiger partial charge in [0.2, 0.25) is 5.95 Å². The molecule has 1 unspecified atom stereocenters. The molecule has 1 heterocycles. The van der Waals surface area contributed by atoms with Crippen molar-refractivity contribution in [2.24, 2.45) is 5.73 Å². The van der Waals surface area contributed by atoms with Crippen LogP contribution in [0.3, 0.4) is 0 Å². The topological polar surface area (TPSA) is 38.9 Å². The summed E-state index contributed by atoms with van der Waals surface area (Å²) in [6.07, 6.45) is -1.71. The van der Waals surface area contributed by atoms with Crippen LogP contribution in [0.4, 0.5) is 13.2 Å². The smallest absolute Gasteiger partial charge is 0.256 e. The molecule has 84 valence electrons. The second-order valence-electron chi connectivity index (χ2n) is 3.59. The van der Waals surface area contributed by atoms with Crippen LogP contribution < -0.4 is 5.73 Å². The van der Waals surface area contributed by atoms with E-state index in [0.29, 0.717) is 4.47 Å². The third kappa shape index (κ3) is 3.17. The van der Waals surface area contributed by atoms with Gasteiger partial charge in [0, 0.05) is 22.7 Å². The minimum atomic E-state index is -2.71. The quantitative estimate of drug-likeness (QED) is 0.866. The Morgan fingerprint density at radius 1 is 1.60 bits per heavy atom. The van der Waals surface area contributed by atoms with Gasteiger partial charge in [0.25, 0.3) is 6.43 Å². The maximum absolute atomic E-state index is 13.1. The predicted octanol–water partition coefficient (Wildman–Crippen LogP) is 2.51. The van der Waals surface area contributed by atoms with Gasteiger partial charge in [-0.2, -0.15) is 4.39 Å². The van der Waals surface area contributed by atoms with Gasteiger partial charge in [0.05, 0.1) is 5.54 Å². The minimum Gasteiger partial charge on any atom is -0.320 e. The van der Waals surface area contributed by atoms with Gasteiger partial charge in [-0.15, -0.1) is 0 Å². The van der Waals surface area contributed by atoms with E-state index in [-0.39, 0.29) is 12.0 Å². The number of pyridine rings is 1. The van der Waals surface area contributed by atoms with Crippen molar-refractivity contribution < 1.29 is 13.2 Å². The molecule has 0 bridgehead atoms. The first-order chi connectivity index (χ1) is 6.83. The van der Waals surface area contributed by atoms with Crippen molar-refractivity contribution in [1.82, 2.24) is 4.98 Å². The van der Waals surface area contributed by atoms with Crippen molar-refractivity contribution in [3.05, 3.63) is 28.2 Å². The lowest BCUT2D eigenvalue weighted by Crippen LogP contribution is -2.46. The third-order valence-corrected chi connectivity index (χ3v) is 2.38. The Morgan fingerprint density at radius 2 is 2.20 bits per heavy atom. The fraction of sp³-hybridized carbons (Fsp3) is 0.444. The van der Waals surface area contributed by atoms with Gasteiger partial charge in [-0.3, -0.25) is 0 Å². The van der Waals surface area contributed by atoms with Crippen molar-refractivity contribution in [2.45, 2.75) is 25.3 Å². The Kier molecular flexibility index (Phi) is 3.72. The van der Waals surface area contributed by atoms with Crippen molar-refractivity contribution >= 4 is 15.9 Å². The van der Waals surface area contributed by atoms with E-state index in [1.807, 2.05) is 0 Å². The van der Waals surface area contributed by atoms with Gasteiger partial charge in [-0.1, -0.05) is 0 Å². The highest BCUT2D eigenvalue weighted by molar-refractivity contribution is 9.10. The van der Waals surface area contributed by atoms with E-state index >= 15 is 0 Å². The molecule has 2 N–H and O–H groups in total. The second kappa shape index (κ2) is 4.49. The molecule has 15 heavy (non-hydrogen) atoms. The molecule has 0 aromatic carbocycles. The summed E-state index contributed by atoms with van der Waals surface area (Å²) in [5.41, 5.74) is 3.68. The summed E-state index contributed by atoms with van der Waals surface area (Å²) in [6.45, 7) is 1.18. The first-order valence-corrected chi connectivity index (χ1v) is 4.99. The van der Waals surface area contributed by atoms with Gasteiger partial charge < -0.3 is 5.73 Å². The van der Waals surface area contributed by atoms with Gasteiger partial charge in [0.15, 0.2) is 0 Å². The fourth-order valence-corrected chi connectivity index (χ4v) is 1.45.